The summed E-state index contributed by atoms with van der Waals surface area (Å²) in [5.74, 6) is -1.09. The predicted molar refractivity (Wildman–Crippen MR) is 74.4 cm³/mol. The van der Waals surface area contributed by atoms with Gasteiger partial charge in [-0.1, -0.05) is 22.9 Å². The summed E-state index contributed by atoms with van der Waals surface area (Å²) in [6, 6.07) is 4.77. The van der Waals surface area contributed by atoms with Crippen LogP contribution in [0.3, 0.4) is 0 Å². The lowest BCUT2D eigenvalue weighted by molar-refractivity contribution is -0.150. The van der Waals surface area contributed by atoms with Crippen molar-refractivity contribution < 1.29 is 14.3 Å². The number of carboxylic acid groups (broad SMARTS) is 1. The van der Waals surface area contributed by atoms with Gasteiger partial charge in [-0.2, -0.15) is 0 Å². The van der Waals surface area contributed by atoms with E-state index in [-0.39, 0.29) is 5.82 Å². The molecule has 0 aliphatic carbocycles. The van der Waals surface area contributed by atoms with Crippen LogP contribution >= 0.6 is 15.9 Å². The largest absolute Gasteiger partial charge is 0.480 e. The third-order valence-corrected chi connectivity index (χ3v) is 4.47. The molecule has 1 aromatic rings. The van der Waals surface area contributed by atoms with E-state index < -0.39 is 11.5 Å². The molecular formula is C14H17BrFNO2. The summed E-state index contributed by atoms with van der Waals surface area (Å²) in [6.45, 7) is 2.92. The van der Waals surface area contributed by atoms with Gasteiger partial charge in [-0.3, -0.25) is 9.69 Å². The van der Waals surface area contributed by atoms with Crippen LogP contribution in [-0.2, 0) is 11.3 Å². The van der Waals surface area contributed by atoms with Crippen molar-refractivity contribution in [3.63, 3.8) is 0 Å². The van der Waals surface area contributed by atoms with Crippen LogP contribution in [-0.4, -0.2) is 28.1 Å². The molecule has 1 aliphatic heterocycles. The normalized spacial score (nSPS) is 23.7. The van der Waals surface area contributed by atoms with Crippen LogP contribution in [0.25, 0.3) is 0 Å². The summed E-state index contributed by atoms with van der Waals surface area (Å²) in [6.07, 6.45) is 2.02. The molecule has 1 unspecified atom stereocenters. The molecule has 1 aliphatic rings. The van der Waals surface area contributed by atoms with Crippen LogP contribution in [0.4, 0.5) is 4.39 Å². The van der Waals surface area contributed by atoms with E-state index in [0.717, 1.165) is 10.9 Å². The summed E-state index contributed by atoms with van der Waals surface area (Å²) in [5, 5.41) is 9.49. The monoisotopic (exact) mass is 329 g/mol. The Morgan fingerprint density at radius 1 is 1.58 bits per heavy atom. The maximum atomic E-state index is 13.8. The summed E-state index contributed by atoms with van der Waals surface area (Å²) < 4.78 is 14.6. The third-order valence-electron chi connectivity index (χ3n) is 3.98. The molecule has 1 atom stereocenters. The quantitative estimate of drug-likeness (QED) is 0.920. The topological polar surface area (TPSA) is 40.5 Å². The van der Waals surface area contributed by atoms with Crippen LogP contribution < -0.4 is 0 Å². The SMILES string of the molecule is CCC1(C(=O)O)CCCN1Cc1cc(Br)ccc1F. The van der Waals surface area contributed by atoms with Crippen molar-refractivity contribution in [3.8, 4) is 0 Å². The van der Waals surface area contributed by atoms with Gasteiger partial charge in [-0.25, -0.2) is 4.39 Å². The lowest BCUT2D eigenvalue weighted by atomic mass is 9.92. The molecular weight excluding hydrogens is 313 g/mol. The highest BCUT2D eigenvalue weighted by Crippen LogP contribution is 2.34. The van der Waals surface area contributed by atoms with Crippen molar-refractivity contribution in [2.75, 3.05) is 6.54 Å². The second-order valence-electron chi connectivity index (χ2n) is 4.95. The molecule has 0 saturated carbocycles. The Kier molecular flexibility index (Phi) is 4.26. The van der Waals surface area contributed by atoms with Crippen LogP contribution in [0, 0.1) is 5.82 Å². The molecule has 104 valence electrons. The number of hydrogen-bond donors (Lipinski definition) is 1. The van der Waals surface area contributed by atoms with Crippen LogP contribution in [0.5, 0.6) is 0 Å². The van der Waals surface area contributed by atoms with Crippen molar-refractivity contribution in [2.24, 2.45) is 0 Å². The smallest absolute Gasteiger partial charge is 0.324 e. The molecule has 1 fully saturated rings. The van der Waals surface area contributed by atoms with Gasteiger partial charge in [0.2, 0.25) is 0 Å². The van der Waals surface area contributed by atoms with E-state index in [1.807, 2.05) is 11.8 Å². The van der Waals surface area contributed by atoms with Crippen molar-refractivity contribution in [1.29, 1.82) is 0 Å². The number of rotatable bonds is 4. The molecule has 0 radical (unpaired) electrons. The number of aliphatic carboxylic acids is 1. The zero-order chi connectivity index (χ0) is 14.0. The van der Waals surface area contributed by atoms with Gasteiger partial charge >= 0.3 is 5.97 Å². The zero-order valence-corrected chi connectivity index (χ0v) is 12.4. The van der Waals surface area contributed by atoms with Gasteiger partial charge in [0.15, 0.2) is 0 Å². The van der Waals surface area contributed by atoms with Gasteiger partial charge in [0, 0.05) is 16.6 Å². The molecule has 2 rings (SSSR count). The van der Waals surface area contributed by atoms with Crippen LogP contribution in [0.15, 0.2) is 22.7 Å². The Morgan fingerprint density at radius 2 is 2.32 bits per heavy atom. The first-order valence-corrected chi connectivity index (χ1v) is 7.21. The minimum Gasteiger partial charge on any atom is -0.480 e. The van der Waals surface area contributed by atoms with Gasteiger partial charge < -0.3 is 5.11 Å². The summed E-state index contributed by atoms with van der Waals surface area (Å²) >= 11 is 3.32. The Balaban J connectivity index is 2.27. The van der Waals surface area contributed by atoms with Gasteiger partial charge in [0.25, 0.3) is 0 Å². The molecule has 1 heterocycles. The number of carboxylic acids is 1. The van der Waals surface area contributed by atoms with E-state index in [9.17, 15) is 14.3 Å². The lowest BCUT2D eigenvalue weighted by Gasteiger charge is -2.34. The number of hydrogen-bond acceptors (Lipinski definition) is 2. The zero-order valence-electron chi connectivity index (χ0n) is 10.8. The average molecular weight is 330 g/mol. The van der Waals surface area contributed by atoms with E-state index in [4.69, 9.17) is 0 Å². The lowest BCUT2D eigenvalue weighted by Crippen LogP contribution is -2.49. The fourth-order valence-electron chi connectivity index (χ4n) is 2.83. The van der Waals surface area contributed by atoms with Crippen LogP contribution in [0.1, 0.15) is 31.7 Å². The molecule has 0 amide bonds. The number of halogens is 2. The van der Waals surface area contributed by atoms with E-state index in [1.165, 1.54) is 6.07 Å². The standard InChI is InChI=1S/C14H17BrFNO2/c1-2-14(13(18)19)6-3-7-17(14)9-10-8-11(15)4-5-12(10)16/h4-5,8H,2-3,6-7,9H2,1H3,(H,18,19). The summed E-state index contributed by atoms with van der Waals surface area (Å²) in [5.41, 5.74) is -0.301. The van der Waals surface area contributed by atoms with Gasteiger partial charge in [0.05, 0.1) is 0 Å². The molecule has 3 nitrogen and oxygen atoms in total. The Hall–Kier alpha value is -0.940. The first-order chi connectivity index (χ1) is 8.99. The van der Waals surface area contributed by atoms with Crippen molar-refractivity contribution in [1.82, 2.24) is 4.90 Å². The van der Waals surface area contributed by atoms with E-state index in [2.05, 4.69) is 15.9 Å². The molecule has 0 aromatic heterocycles. The summed E-state index contributed by atoms with van der Waals surface area (Å²) in [4.78, 5) is 13.5. The number of likely N-dealkylation sites (tertiary alicyclic amines) is 1. The second-order valence-corrected chi connectivity index (χ2v) is 5.87. The molecule has 1 N–H and O–H groups in total. The van der Waals surface area contributed by atoms with Crippen molar-refractivity contribution in [2.45, 2.75) is 38.3 Å². The van der Waals surface area contributed by atoms with Gasteiger partial charge in [0.1, 0.15) is 11.4 Å². The highest BCUT2D eigenvalue weighted by molar-refractivity contribution is 9.10. The fourth-order valence-corrected chi connectivity index (χ4v) is 3.24. The Labute approximate surface area is 120 Å². The second kappa shape index (κ2) is 5.59. The fraction of sp³-hybridized carbons (Fsp3) is 0.500. The molecule has 5 heteroatoms. The highest BCUT2D eigenvalue weighted by Gasteiger charge is 2.46. The van der Waals surface area contributed by atoms with E-state index in [0.29, 0.717) is 31.5 Å². The average Bonchev–Trinajstić information content (AvgIpc) is 2.78. The third kappa shape index (κ3) is 2.67. The van der Waals surface area contributed by atoms with E-state index in [1.54, 1.807) is 12.1 Å². The van der Waals surface area contributed by atoms with Crippen LogP contribution in [0.2, 0.25) is 0 Å². The predicted octanol–water partition coefficient (Wildman–Crippen LogP) is 3.42. The molecule has 1 aromatic carbocycles. The maximum Gasteiger partial charge on any atom is 0.324 e. The first kappa shape index (κ1) is 14.5. The number of benzene rings is 1. The molecule has 19 heavy (non-hydrogen) atoms. The number of carbonyl (C=O) groups is 1. The minimum atomic E-state index is -0.839. The first-order valence-electron chi connectivity index (χ1n) is 6.42. The molecule has 1 saturated heterocycles. The van der Waals surface area contributed by atoms with Crippen molar-refractivity contribution >= 4 is 21.9 Å². The van der Waals surface area contributed by atoms with Gasteiger partial charge in [-0.15, -0.1) is 0 Å². The Bertz CT molecular complexity index is 494. The van der Waals surface area contributed by atoms with Crippen molar-refractivity contribution in [3.05, 3.63) is 34.1 Å². The van der Waals surface area contributed by atoms with E-state index >= 15 is 0 Å². The summed E-state index contributed by atoms with van der Waals surface area (Å²) in [7, 11) is 0. The molecule has 0 spiro atoms. The number of nitrogens with zero attached hydrogens (tertiary/aromatic N) is 1. The highest BCUT2D eigenvalue weighted by atomic mass is 79.9. The molecule has 0 bridgehead atoms. The maximum absolute atomic E-state index is 13.8. The van der Waals surface area contributed by atoms with Gasteiger partial charge in [-0.05, 0) is 44.0 Å². The minimum absolute atomic E-state index is 0.287. The Morgan fingerprint density at radius 3 is 2.95 bits per heavy atom.